The normalized spacial score (nSPS) is 16.7. The van der Waals surface area contributed by atoms with E-state index >= 15 is 0 Å². The van der Waals surface area contributed by atoms with E-state index in [0.29, 0.717) is 12.1 Å². The molecule has 1 aliphatic rings. The summed E-state index contributed by atoms with van der Waals surface area (Å²) in [6.45, 7) is 0. The Bertz CT molecular complexity index is 1230. The minimum Gasteiger partial charge on any atom is -0.508 e. The number of rotatable bonds is 3. The van der Waals surface area contributed by atoms with E-state index in [1.165, 1.54) is 0 Å². The zero-order valence-electron chi connectivity index (χ0n) is 16.1. The first-order valence-corrected chi connectivity index (χ1v) is 10.8. The van der Waals surface area contributed by atoms with E-state index in [-0.39, 0.29) is 17.0 Å². The number of para-hydroxylation sites is 1. The number of nitrogens with zero attached hydrogens (tertiary/aromatic N) is 3. The molecular formula is C24H19N3O2S. The Balaban J connectivity index is 1.49. The highest BCUT2D eigenvalue weighted by Crippen LogP contribution is 2.43. The van der Waals surface area contributed by atoms with Gasteiger partial charge in [0, 0.05) is 40.6 Å². The predicted octanol–water partition coefficient (Wildman–Crippen LogP) is 5.17. The Kier molecular flexibility index (Phi) is 4.85. The lowest BCUT2D eigenvalue weighted by Gasteiger charge is -2.35. The van der Waals surface area contributed by atoms with Crippen LogP contribution in [0.25, 0.3) is 22.3 Å². The summed E-state index contributed by atoms with van der Waals surface area (Å²) in [6, 6.07) is 22.9. The molecular weight excluding hydrogens is 394 g/mol. The van der Waals surface area contributed by atoms with Crippen LogP contribution in [0.1, 0.15) is 17.4 Å². The van der Waals surface area contributed by atoms with Gasteiger partial charge in [-0.2, -0.15) is 0 Å². The van der Waals surface area contributed by atoms with E-state index in [2.05, 4.69) is 9.97 Å². The Morgan fingerprint density at radius 1 is 0.967 bits per heavy atom. The predicted molar refractivity (Wildman–Crippen MR) is 120 cm³/mol. The number of thioether (sulfide) groups is 1. The van der Waals surface area contributed by atoms with Crippen molar-refractivity contribution < 1.29 is 9.90 Å². The van der Waals surface area contributed by atoms with Crippen molar-refractivity contribution >= 4 is 34.4 Å². The molecule has 148 valence electrons. The number of fused-ring (bicyclic) bond motifs is 1. The van der Waals surface area contributed by atoms with Gasteiger partial charge < -0.3 is 5.11 Å². The third kappa shape index (κ3) is 3.39. The molecule has 1 N–H and O–H groups in total. The molecule has 6 heteroatoms. The van der Waals surface area contributed by atoms with Crippen molar-refractivity contribution in [2.45, 2.75) is 11.8 Å². The van der Waals surface area contributed by atoms with Crippen LogP contribution in [0.5, 0.6) is 5.75 Å². The van der Waals surface area contributed by atoms with Crippen molar-refractivity contribution in [1.29, 1.82) is 0 Å². The molecule has 1 saturated heterocycles. The van der Waals surface area contributed by atoms with Crippen LogP contribution in [-0.2, 0) is 4.79 Å². The Morgan fingerprint density at radius 2 is 1.80 bits per heavy atom. The van der Waals surface area contributed by atoms with Gasteiger partial charge in [-0.05, 0) is 42.5 Å². The summed E-state index contributed by atoms with van der Waals surface area (Å²) in [5, 5.41) is 11.1. The number of carbonyl (C=O) groups excluding carboxylic acids is 1. The van der Waals surface area contributed by atoms with E-state index < -0.39 is 0 Å². The molecule has 1 unspecified atom stereocenters. The lowest BCUT2D eigenvalue weighted by molar-refractivity contribution is -0.118. The molecule has 3 heterocycles. The number of aromatic hydroxyl groups is 1. The number of hydrogen-bond donors (Lipinski definition) is 1. The van der Waals surface area contributed by atoms with Gasteiger partial charge >= 0.3 is 0 Å². The second kappa shape index (κ2) is 7.80. The van der Waals surface area contributed by atoms with Crippen LogP contribution in [0.3, 0.4) is 0 Å². The summed E-state index contributed by atoms with van der Waals surface area (Å²) in [6.07, 6.45) is 2.22. The van der Waals surface area contributed by atoms with Crippen molar-refractivity contribution in [3.05, 3.63) is 84.6 Å². The molecule has 5 nitrogen and oxygen atoms in total. The van der Waals surface area contributed by atoms with E-state index in [4.69, 9.17) is 0 Å². The Labute approximate surface area is 178 Å². The number of hydrogen-bond acceptors (Lipinski definition) is 5. The number of phenolic OH excluding ortho intramolecular Hbond substituents is 1. The van der Waals surface area contributed by atoms with Crippen molar-refractivity contribution in [3.8, 4) is 17.0 Å². The van der Waals surface area contributed by atoms with Gasteiger partial charge in [0.05, 0.1) is 5.69 Å². The first kappa shape index (κ1) is 18.6. The molecule has 0 aliphatic carbocycles. The van der Waals surface area contributed by atoms with Gasteiger partial charge in [-0.25, -0.2) is 9.97 Å². The number of anilines is 1. The fourth-order valence-electron chi connectivity index (χ4n) is 3.69. The van der Waals surface area contributed by atoms with Crippen LogP contribution < -0.4 is 4.90 Å². The first-order valence-electron chi connectivity index (χ1n) is 9.74. The lowest BCUT2D eigenvalue weighted by atomic mass is 10.1. The molecule has 1 fully saturated rings. The lowest BCUT2D eigenvalue weighted by Crippen LogP contribution is -2.37. The minimum atomic E-state index is -0.249. The molecule has 1 aliphatic heterocycles. The Hall–Kier alpha value is -3.38. The van der Waals surface area contributed by atoms with E-state index in [1.807, 2.05) is 60.7 Å². The van der Waals surface area contributed by atoms with Gasteiger partial charge in [-0.1, -0.05) is 30.3 Å². The third-order valence-corrected chi connectivity index (χ3v) is 6.42. The molecule has 0 spiro atoms. The summed E-state index contributed by atoms with van der Waals surface area (Å²) in [5.74, 6) is 1.00. The molecule has 1 amide bonds. The number of aromatic nitrogens is 2. The van der Waals surface area contributed by atoms with Gasteiger partial charge in [0.2, 0.25) is 5.91 Å². The fraction of sp³-hybridized carbons (Fsp3) is 0.125. The van der Waals surface area contributed by atoms with E-state index in [1.54, 1.807) is 35.0 Å². The quantitative estimate of drug-likeness (QED) is 0.502. The molecule has 4 aromatic rings. The number of pyridine rings is 2. The SMILES string of the molecule is O=C1CCSC(c2ccccc2O)N1c1ccc(-c2ccc3cccnc3n2)cc1. The van der Waals surface area contributed by atoms with Crippen molar-refractivity contribution in [2.24, 2.45) is 0 Å². The molecule has 30 heavy (non-hydrogen) atoms. The molecule has 2 aromatic heterocycles. The molecule has 0 saturated carbocycles. The van der Waals surface area contributed by atoms with Gasteiger partial charge in [0.25, 0.3) is 0 Å². The van der Waals surface area contributed by atoms with Gasteiger partial charge in [-0.3, -0.25) is 9.69 Å². The van der Waals surface area contributed by atoms with Crippen LogP contribution in [0.15, 0.2) is 79.0 Å². The number of amides is 1. The molecule has 0 bridgehead atoms. The molecule has 5 rings (SSSR count). The van der Waals surface area contributed by atoms with Crippen LogP contribution >= 0.6 is 11.8 Å². The smallest absolute Gasteiger partial charge is 0.229 e. The van der Waals surface area contributed by atoms with Gasteiger partial charge in [0.1, 0.15) is 11.1 Å². The van der Waals surface area contributed by atoms with Crippen LogP contribution in [0.4, 0.5) is 5.69 Å². The summed E-state index contributed by atoms with van der Waals surface area (Å²) >= 11 is 1.66. The first-order chi connectivity index (χ1) is 14.7. The molecule has 1 atom stereocenters. The number of benzene rings is 2. The van der Waals surface area contributed by atoms with Crippen LogP contribution in [0, 0.1) is 0 Å². The maximum atomic E-state index is 12.8. The Morgan fingerprint density at radius 3 is 2.63 bits per heavy atom. The van der Waals surface area contributed by atoms with Crippen molar-refractivity contribution in [2.75, 3.05) is 10.7 Å². The summed E-state index contributed by atoms with van der Waals surface area (Å²) in [7, 11) is 0. The van der Waals surface area contributed by atoms with E-state index in [9.17, 15) is 9.90 Å². The number of phenols is 1. The monoisotopic (exact) mass is 413 g/mol. The largest absolute Gasteiger partial charge is 0.508 e. The highest BCUT2D eigenvalue weighted by molar-refractivity contribution is 7.99. The topological polar surface area (TPSA) is 66.3 Å². The zero-order chi connectivity index (χ0) is 20.5. The summed E-state index contributed by atoms with van der Waals surface area (Å²) in [5.41, 5.74) is 4.07. The van der Waals surface area contributed by atoms with E-state index in [0.717, 1.165) is 33.6 Å². The van der Waals surface area contributed by atoms with Gasteiger partial charge in [-0.15, -0.1) is 11.8 Å². The molecule has 2 aromatic carbocycles. The zero-order valence-corrected chi connectivity index (χ0v) is 16.9. The maximum absolute atomic E-state index is 12.8. The average molecular weight is 414 g/mol. The summed E-state index contributed by atoms with van der Waals surface area (Å²) in [4.78, 5) is 23.6. The third-order valence-electron chi connectivity index (χ3n) is 5.20. The average Bonchev–Trinajstić information content (AvgIpc) is 2.79. The van der Waals surface area contributed by atoms with Crippen LogP contribution in [0.2, 0.25) is 0 Å². The molecule has 0 radical (unpaired) electrons. The minimum absolute atomic E-state index is 0.0581. The second-order valence-corrected chi connectivity index (χ2v) is 8.28. The van der Waals surface area contributed by atoms with Crippen molar-refractivity contribution in [1.82, 2.24) is 9.97 Å². The maximum Gasteiger partial charge on any atom is 0.229 e. The fourth-order valence-corrected chi connectivity index (χ4v) is 4.98. The van der Waals surface area contributed by atoms with Gasteiger partial charge in [0.15, 0.2) is 5.65 Å². The standard InChI is InChI=1S/C24H19N3O2S/c28-21-6-2-1-5-19(21)24-27(22(29)13-15-30-24)18-10-7-16(8-11-18)20-12-9-17-4-3-14-25-23(17)26-20/h1-12,14,24,28H,13,15H2. The highest BCUT2D eigenvalue weighted by Gasteiger charge is 2.32. The summed E-state index contributed by atoms with van der Waals surface area (Å²) < 4.78 is 0. The van der Waals surface area contributed by atoms with Crippen LogP contribution in [-0.4, -0.2) is 26.7 Å². The number of carbonyl (C=O) groups is 1. The van der Waals surface area contributed by atoms with Crippen molar-refractivity contribution in [3.63, 3.8) is 0 Å². The highest BCUT2D eigenvalue weighted by atomic mass is 32.2. The second-order valence-electron chi connectivity index (χ2n) is 7.09.